The fraction of sp³-hybridized carbons (Fsp3) is 0.316. The number of sulfonamides is 1. The van der Waals surface area contributed by atoms with Crippen LogP contribution in [-0.4, -0.2) is 33.2 Å². The van der Waals surface area contributed by atoms with Crippen LogP contribution in [-0.2, 0) is 22.6 Å². The normalized spacial score (nSPS) is 12.0. The Morgan fingerprint density at radius 3 is 2.28 bits per heavy atom. The SMILES string of the molecule is Cc1ccc(C(=O)NCCNS(=O)(=O)CCc2ccc(C(F)(F)F)cc2)cc1F. The van der Waals surface area contributed by atoms with E-state index < -0.39 is 33.5 Å². The summed E-state index contributed by atoms with van der Waals surface area (Å²) in [6.07, 6.45) is -4.40. The number of hydrogen-bond donors (Lipinski definition) is 2. The lowest BCUT2D eigenvalue weighted by molar-refractivity contribution is -0.137. The van der Waals surface area contributed by atoms with Crippen molar-refractivity contribution in [3.63, 3.8) is 0 Å². The van der Waals surface area contributed by atoms with Crippen LogP contribution >= 0.6 is 0 Å². The molecule has 5 nitrogen and oxygen atoms in total. The zero-order chi connectivity index (χ0) is 21.7. The molecule has 0 aromatic heterocycles. The van der Waals surface area contributed by atoms with E-state index in [1.807, 2.05) is 0 Å². The van der Waals surface area contributed by atoms with Crippen LogP contribution in [0.2, 0.25) is 0 Å². The Balaban J connectivity index is 1.76. The standard InChI is InChI=1S/C19H20F4N2O3S/c1-13-2-5-15(12-17(13)20)18(26)24-9-10-25-29(27,28)11-8-14-3-6-16(7-4-14)19(21,22)23/h2-7,12,25H,8-11H2,1H3,(H,24,26). The van der Waals surface area contributed by atoms with Crippen molar-refractivity contribution < 1.29 is 30.8 Å². The molecule has 0 saturated heterocycles. The van der Waals surface area contributed by atoms with Crippen LogP contribution in [0.1, 0.15) is 27.0 Å². The second-order valence-electron chi connectivity index (χ2n) is 6.38. The lowest BCUT2D eigenvalue weighted by Gasteiger charge is -2.10. The summed E-state index contributed by atoms with van der Waals surface area (Å²) in [5.41, 5.74) is 0.185. The largest absolute Gasteiger partial charge is 0.416 e. The number of rotatable bonds is 8. The van der Waals surface area contributed by atoms with Gasteiger partial charge in [0, 0.05) is 18.7 Å². The van der Waals surface area contributed by atoms with E-state index in [0.29, 0.717) is 11.1 Å². The van der Waals surface area contributed by atoms with Gasteiger partial charge in [0.05, 0.1) is 11.3 Å². The van der Waals surface area contributed by atoms with Gasteiger partial charge in [0.2, 0.25) is 10.0 Å². The summed E-state index contributed by atoms with van der Waals surface area (Å²) >= 11 is 0. The average molecular weight is 432 g/mol. The van der Waals surface area contributed by atoms with E-state index in [9.17, 15) is 30.8 Å². The summed E-state index contributed by atoms with van der Waals surface area (Å²) in [6.45, 7) is 1.49. The number of nitrogens with one attached hydrogen (secondary N) is 2. The first-order valence-electron chi connectivity index (χ1n) is 8.66. The van der Waals surface area contributed by atoms with Crippen molar-refractivity contribution in [2.75, 3.05) is 18.8 Å². The van der Waals surface area contributed by atoms with Gasteiger partial charge in [-0.25, -0.2) is 17.5 Å². The van der Waals surface area contributed by atoms with Gasteiger partial charge in [0.1, 0.15) is 5.82 Å². The van der Waals surface area contributed by atoms with Crippen LogP contribution in [0.25, 0.3) is 0 Å². The molecule has 158 valence electrons. The van der Waals surface area contributed by atoms with Gasteiger partial charge in [-0.05, 0) is 48.7 Å². The van der Waals surface area contributed by atoms with Gasteiger partial charge < -0.3 is 5.32 Å². The number of amides is 1. The Labute approximate surface area is 166 Å². The number of aryl methyl sites for hydroxylation is 2. The summed E-state index contributed by atoms with van der Waals surface area (Å²) in [6, 6.07) is 8.30. The van der Waals surface area contributed by atoms with Crippen molar-refractivity contribution in [2.45, 2.75) is 19.5 Å². The summed E-state index contributed by atoms with van der Waals surface area (Å²) < 4.78 is 77.3. The molecule has 0 fully saturated rings. The molecule has 2 rings (SSSR count). The Kier molecular flexibility index (Phi) is 7.37. The molecular formula is C19H20F4N2O3S. The first-order valence-corrected chi connectivity index (χ1v) is 10.3. The number of halogens is 4. The summed E-state index contributed by atoms with van der Waals surface area (Å²) in [7, 11) is -3.68. The van der Waals surface area contributed by atoms with Crippen molar-refractivity contribution in [3.8, 4) is 0 Å². The minimum atomic E-state index is -4.44. The first kappa shape index (κ1) is 22.8. The zero-order valence-electron chi connectivity index (χ0n) is 15.5. The van der Waals surface area contributed by atoms with Crippen LogP contribution < -0.4 is 10.0 Å². The highest BCUT2D eigenvalue weighted by Crippen LogP contribution is 2.29. The lowest BCUT2D eigenvalue weighted by atomic mass is 10.1. The molecule has 0 saturated carbocycles. The summed E-state index contributed by atoms with van der Waals surface area (Å²) in [4.78, 5) is 11.9. The maximum Gasteiger partial charge on any atom is 0.416 e. The monoisotopic (exact) mass is 432 g/mol. The fourth-order valence-electron chi connectivity index (χ4n) is 2.40. The molecule has 2 N–H and O–H groups in total. The minimum Gasteiger partial charge on any atom is -0.351 e. The topological polar surface area (TPSA) is 75.3 Å². The van der Waals surface area contributed by atoms with Crippen molar-refractivity contribution in [3.05, 3.63) is 70.5 Å². The van der Waals surface area contributed by atoms with Gasteiger partial charge in [-0.2, -0.15) is 13.2 Å². The maximum atomic E-state index is 13.5. The zero-order valence-corrected chi connectivity index (χ0v) is 16.3. The predicted molar refractivity (Wildman–Crippen MR) is 100 cm³/mol. The van der Waals surface area contributed by atoms with E-state index in [4.69, 9.17) is 0 Å². The highest BCUT2D eigenvalue weighted by Gasteiger charge is 2.29. The Bertz CT molecular complexity index is 958. The highest BCUT2D eigenvalue weighted by molar-refractivity contribution is 7.89. The molecule has 29 heavy (non-hydrogen) atoms. The minimum absolute atomic E-state index is 0.00611. The van der Waals surface area contributed by atoms with Crippen LogP contribution in [0.5, 0.6) is 0 Å². The molecule has 0 spiro atoms. The number of carbonyl (C=O) groups is 1. The molecule has 0 aliphatic carbocycles. The molecule has 2 aromatic carbocycles. The molecule has 0 atom stereocenters. The van der Waals surface area contributed by atoms with E-state index >= 15 is 0 Å². The average Bonchev–Trinajstić information content (AvgIpc) is 2.65. The van der Waals surface area contributed by atoms with E-state index in [0.717, 1.165) is 18.2 Å². The third kappa shape index (κ3) is 7.13. The third-order valence-corrected chi connectivity index (χ3v) is 5.49. The summed E-state index contributed by atoms with van der Waals surface area (Å²) in [5, 5.41) is 2.47. The molecule has 1 amide bonds. The maximum absolute atomic E-state index is 13.5. The van der Waals surface area contributed by atoms with E-state index in [2.05, 4.69) is 10.0 Å². The smallest absolute Gasteiger partial charge is 0.351 e. The predicted octanol–water partition coefficient (Wildman–Crippen LogP) is 3.04. The quantitative estimate of drug-likeness (QED) is 0.497. The molecule has 0 radical (unpaired) electrons. The molecule has 2 aromatic rings. The molecule has 10 heteroatoms. The molecule has 0 bridgehead atoms. The van der Waals surface area contributed by atoms with Gasteiger partial charge in [-0.1, -0.05) is 18.2 Å². The van der Waals surface area contributed by atoms with Crippen molar-refractivity contribution in [1.29, 1.82) is 0 Å². The van der Waals surface area contributed by atoms with Crippen LogP contribution in [0.4, 0.5) is 17.6 Å². The molecule has 0 heterocycles. The Morgan fingerprint density at radius 1 is 1.03 bits per heavy atom. The van der Waals surface area contributed by atoms with Crippen LogP contribution in [0.15, 0.2) is 42.5 Å². The first-order chi connectivity index (χ1) is 13.5. The van der Waals surface area contributed by atoms with Gasteiger partial charge in [0.15, 0.2) is 0 Å². The van der Waals surface area contributed by atoms with Gasteiger partial charge in [-0.3, -0.25) is 4.79 Å². The van der Waals surface area contributed by atoms with E-state index in [-0.39, 0.29) is 30.8 Å². The van der Waals surface area contributed by atoms with Gasteiger partial charge >= 0.3 is 6.18 Å². The molecule has 0 aliphatic heterocycles. The Hall–Kier alpha value is -2.46. The second kappa shape index (κ2) is 9.36. The number of carbonyl (C=O) groups excluding carboxylic acids is 1. The van der Waals surface area contributed by atoms with Gasteiger partial charge in [0.25, 0.3) is 5.91 Å². The Morgan fingerprint density at radius 2 is 1.69 bits per heavy atom. The van der Waals surface area contributed by atoms with E-state index in [1.54, 1.807) is 6.92 Å². The second-order valence-corrected chi connectivity index (χ2v) is 8.30. The lowest BCUT2D eigenvalue weighted by Crippen LogP contribution is -2.36. The third-order valence-electron chi connectivity index (χ3n) is 4.11. The summed E-state index contributed by atoms with van der Waals surface area (Å²) in [5.74, 6) is -1.36. The highest BCUT2D eigenvalue weighted by atomic mass is 32.2. The number of hydrogen-bond acceptors (Lipinski definition) is 3. The number of benzene rings is 2. The van der Waals surface area contributed by atoms with Crippen molar-refractivity contribution in [2.24, 2.45) is 0 Å². The van der Waals surface area contributed by atoms with Crippen molar-refractivity contribution >= 4 is 15.9 Å². The molecule has 0 unspecified atom stereocenters. The van der Waals surface area contributed by atoms with Crippen LogP contribution in [0.3, 0.4) is 0 Å². The molecule has 0 aliphatic rings. The molecular weight excluding hydrogens is 412 g/mol. The fourth-order valence-corrected chi connectivity index (χ4v) is 3.47. The van der Waals surface area contributed by atoms with E-state index in [1.165, 1.54) is 24.3 Å². The van der Waals surface area contributed by atoms with Crippen molar-refractivity contribution in [1.82, 2.24) is 10.0 Å². The number of alkyl halides is 3. The van der Waals surface area contributed by atoms with Crippen LogP contribution in [0, 0.1) is 12.7 Å². The van der Waals surface area contributed by atoms with Gasteiger partial charge in [-0.15, -0.1) is 0 Å².